The Hall–Kier alpha value is -2.17. The van der Waals surface area contributed by atoms with Gasteiger partial charge in [0.15, 0.2) is 0 Å². The number of pyridine rings is 1. The van der Waals surface area contributed by atoms with E-state index in [1.54, 1.807) is 17.7 Å². The third-order valence-corrected chi connectivity index (χ3v) is 3.57. The van der Waals surface area contributed by atoms with Gasteiger partial charge in [-0.25, -0.2) is 0 Å². The summed E-state index contributed by atoms with van der Waals surface area (Å²) in [5.74, 6) is 0.393. The van der Waals surface area contributed by atoms with Gasteiger partial charge in [-0.05, 0) is 25.1 Å². The number of aryl methyl sites for hydroxylation is 1. The molecule has 1 aromatic carbocycles. The normalized spacial score (nSPS) is 18.3. The number of hydrogen-bond donors (Lipinski definition) is 2. The van der Waals surface area contributed by atoms with E-state index in [4.69, 9.17) is 10.5 Å². The average molecular weight is 259 g/mol. The van der Waals surface area contributed by atoms with E-state index in [1.807, 2.05) is 12.1 Å². The van der Waals surface area contributed by atoms with Gasteiger partial charge >= 0.3 is 0 Å². The summed E-state index contributed by atoms with van der Waals surface area (Å²) < 4.78 is 7.24. The van der Waals surface area contributed by atoms with E-state index >= 15 is 0 Å². The van der Waals surface area contributed by atoms with Crippen LogP contribution in [0.25, 0.3) is 10.9 Å². The van der Waals surface area contributed by atoms with E-state index in [0.29, 0.717) is 18.0 Å². The van der Waals surface area contributed by atoms with Gasteiger partial charge in [-0.3, -0.25) is 4.79 Å². The van der Waals surface area contributed by atoms with Crippen molar-refractivity contribution in [2.24, 2.45) is 7.05 Å². The zero-order valence-corrected chi connectivity index (χ0v) is 11.1. The van der Waals surface area contributed by atoms with Crippen LogP contribution >= 0.6 is 0 Å². The van der Waals surface area contributed by atoms with Crippen LogP contribution in [0.5, 0.6) is 5.75 Å². The lowest BCUT2D eigenvalue weighted by Crippen LogP contribution is -2.21. The Bertz CT molecular complexity index is 706. The molecule has 2 aromatic rings. The highest BCUT2D eigenvalue weighted by Gasteiger charge is 2.21. The van der Waals surface area contributed by atoms with Gasteiger partial charge in [0, 0.05) is 30.6 Å². The van der Waals surface area contributed by atoms with Crippen LogP contribution in [0, 0.1) is 0 Å². The molecule has 1 atom stereocenters. The second-order valence-electron chi connectivity index (χ2n) is 5.03. The highest BCUT2D eigenvalue weighted by molar-refractivity contribution is 5.96. The van der Waals surface area contributed by atoms with Gasteiger partial charge in [0.25, 0.3) is 5.56 Å². The molecule has 0 amide bonds. The van der Waals surface area contributed by atoms with Crippen molar-refractivity contribution in [2.45, 2.75) is 19.4 Å². The fourth-order valence-corrected chi connectivity index (χ4v) is 2.47. The van der Waals surface area contributed by atoms with Gasteiger partial charge in [0.2, 0.25) is 5.75 Å². The highest BCUT2D eigenvalue weighted by Crippen LogP contribution is 2.33. The number of benzene rings is 1. The van der Waals surface area contributed by atoms with E-state index in [9.17, 15) is 4.79 Å². The number of nitrogen functional groups attached to an aromatic ring is 1. The Labute approximate surface area is 111 Å². The first kappa shape index (κ1) is 11.9. The smallest absolute Gasteiger partial charge is 0.295 e. The third-order valence-electron chi connectivity index (χ3n) is 3.57. The van der Waals surface area contributed by atoms with Crippen LogP contribution in [0.3, 0.4) is 0 Å². The van der Waals surface area contributed by atoms with Crippen LogP contribution in [-0.2, 0) is 7.05 Å². The topological polar surface area (TPSA) is 69.3 Å². The molecule has 0 saturated carbocycles. The van der Waals surface area contributed by atoms with Gasteiger partial charge in [-0.2, -0.15) is 0 Å². The molecular formula is C14H17N3O2. The highest BCUT2D eigenvalue weighted by atomic mass is 16.5. The first-order chi connectivity index (χ1) is 9.08. The van der Waals surface area contributed by atoms with E-state index < -0.39 is 0 Å². The number of anilines is 2. The molecule has 1 aromatic heterocycles. The lowest BCUT2D eigenvalue weighted by molar-refractivity contribution is 0.309. The van der Waals surface area contributed by atoms with Crippen molar-refractivity contribution in [3.05, 3.63) is 28.6 Å². The molecule has 1 aliphatic heterocycles. The monoisotopic (exact) mass is 259 g/mol. The predicted molar refractivity (Wildman–Crippen MR) is 76.8 cm³/mol. The van der Waals surface area contributed by atoms with Crippen molar-refractivity contribution in [3.63, 3.8) is 0 Å². The molecule has 0 spiro atoms. The molecule has 0 bridgehead atoms. The Kier molecular flexibility index (Phi) is 2.62. The molecule has 5 heteroatoms. The molecule has 0 aliphatic carbocycles. The number of ether oxygens (including phenoxy) is 1. The van der Waals surface area contributed by atoms with Gasteiger partial charge in [-0.15, -0.1) is 0 Å². The van der Waals surface area contributed by atoms with E-state index in [1.165, 1.54) is 0 Å². The SMILES string of the molecule is C[C@H]1CCOc2c(c3cc(N)ccc3n(C)c2=O)N1. The lowest BCUT2D eigenvalue weighted by Gasteiger charge is -2.16. The second kappa shape index (κ2) is 4.19. The molecule has 19 heavy (non-hydrogen) atoms. The maximum absolute atomic E-state index is 12.3. The minimum atomic E-state index is -0.117. The predicted octanol–water partition coefficient (Wildman–Crippen LogP) is 1.70. The molecule has 0 unspecified atom stereocenters. The molecule has 3 rings (SSSR count). The number of fused-ring (bicyclic) bond motifs is 3. The summed E-state index contributed by atoms with van der Waals surface area (Å²) in [5, 5.41) is 4.29. The van der Waals surface area contributed by atoms with Crippen molar-refractivity contribution in [3.8, 4) is 5.75 Å². The second-order valence-corrected chi connectivity index (χ2v) is 5.03. The van der Waals surface area contributed by atoms with Crippen LogP contribution < -0.4 is 21.3 Å². The molecule has 0 radical (unpaired) electrons. The van der Waals surface area contributed by atoms with Crippen LogP contribution in [0.2, 0.25) is 0 Å². The van der Waals surface area contributed by atoms with Gasteiger partial charge in [0.05, 0.1) is 17.8 Å². The minimum absolute atomic E-state index is 0.117. The van der Waals surface area contributed by atoms with Crippen LogP contribution in [0.15, 0.2) is 23.0 Å². The molecule has 2 heterocycles. The molecule has 3 N–H and O–H groups in total. The summed E-state index contributed by atoms with van der Waals surface area (Å²) >= 11 is 0. The first-order valence-corrected chi connectivity index (χ1v) is 6.39. The number of nitrogens with one attached hydrogen (secondary N) is 1. The van der Waals surface area contributed by atoms with Gasteiger partial charge < -0.3 is 20.4 Å². The summed E-state index contributed by atoms with van der Waals surface area (Å²) in [5.41, 5.74) is 8.03. The van der Waals surface area contributed by atoms with E-state index in [0.717, 1.165) is 23.0 Å². The summed E-state index contributed by atoms with van der Waals surface area (Å²) in [6.07, 6.45) is 0.863. The quantitative estimate of drug-likeness (QED) is 0.707. The first-order valence-electron chi connectivity index (χ1n) is 6.39. The van der Waals surface area contributed by atoms with Crippen LogP contribution in [0.4, 0.5) is 11.4 Å². The van der Waals surface area contributed by atoms with E-state index in [-0.39, 0.29) is 11.6 Å². The largest absolute Gasteiger partial charge is 0.486 e. The van der Waals surface area contributed by atoms with Gasteiger partial charge in [0.1, 0.15) is 0 Å². The summed E-state index contributed by atoms with van der Waals surface area (Å²) in [6.45, 7) is 2.62. The zero-order chi connectivity index (χ0) is 13.6. The third kappa shape index (κ3) is 1.82. The summed E-state index contributed by atoms with van der Waals surface area (Å²) in [6, 6.07) is 5.80. The van der Waals surface area contributed by atoms with Crippen LogP contribution in [0.1, 0.15) is 13.3 Å². The minimum Gasteiger partial charge on any atom is -0.486 e. The zero-order valence-electron chi connectivity index (χ0n) is 11.1. The fraction of sp³-hybridized carbons (Fsp3) is 0.357. The van der Waals surface area contributed by atoms with Crippen molar-refractivity contribution >= 4 is 22.3 Å². The molecule has 5 nitrogen and oxygen atoms in total. The van der Waals surface area contributed by atoms with Gasteiger partial charge in [-0.1, -0.05) is 0 Å². The molecule has 0 saturated heterocycles. The Morgan fingerprint density at radius 3 is 3.05 bits per heavy atom. The van der Waals surface area contributed by atoms with Crippen molar-refractivity contribution in [1.29, 1.82) is 0 Å². The van der Waals surface area contributed by atoms with Crippen molar-refractivity contribution in [1.82, 2.24) is 4.57 Å². The number of rotatable bonds is 0. The molecule has 0 fully saturated rings. The molecule has 100 valence electrons. The average Bonchev–Trinajstić information content (AvgIpc) is 2.58. The summed E-state index contributed by atoms with van der Waals surface area (Å²) in [4.78, 5) is 12.3. The van der Waals surface area contributed by atoms with Crippen molar-refractivity contribution in [2.75, 3.05) is 17.7 Å². The lowest BCUT2D eigenvalue weighted by atomic mass is 10.1. The molecule has 1 aliphatic rings. The number of nitrogens with two attached hydrogens (primary N) is 1. The Morgan fingerprint density at radius 2 is 2.26 bits per heavy atom. The molecular weight excluding hydrogens is 242 g/mol. The van der Waals surface area contributed by atoms with Crippen LogP contribution in [-0.4, -0.2) is 17.2 Å². The van der Waals surface area contributed by atoms with Crippen molar-refractivity contribution < 1.29 is 4.74 Å². The Balaban J connectivity index is 2.41. The maximum Gasteiger partial charge on any atom is 0.295 e. The van der Waals surface area contributed by atoms with E-state index in [2.05, 4.69) is 12.2 Å². The summed E-state index contributed by atoms with van der Waals surface area (Å²) in [7, 11) is 1.75. The number of hydrogen-bond acceptors (Lipinski definition) is 4. The maximum atomic E-state index is 12.3. The standard InChI is InChI=1S/C14H17N3O2/c1-8-5-6-19-13-12(16-8)10-7-9(15)3-4-11(10)17(2)14(13)18/h3-4,7-8,16H,5-6,15H2,1-2H3/t8-/m0/s1. The fourth-order valence-electron chi connectivity index (χ4n) is 2.47. The number of aromatic nitrogens is 1. The Morgan fingerprint density at radius 1 is 1.47 bits per heavy atom. The number of nitrogens with zero attached hydrogens (tertiary/aromatic N) is 1.